The normalized spacial score (nSPS) is 11.4. The molecule has 0 aliphatic carbocycles. The van der Waals surface area contributed by atoms with Gasteiger partial charge in [0.2, 0.25) is 0 Å². The second kappa shape index (κ2) is 39.6. The Morgan fingerprint density at radius 2 is 0.833 bits per heavy atom. The predicted molar refractivity (Wildman–Crippen MR) is 170 cm³/mol. The van der Waals surface area contributed by atoms with Crippen LogP contribution < -0.4 is 103 Å². The minimum atomic E-state index is -1.44. The molecule has 12 nitrogen and oxygen atoms in total. The maximum Gasteiger partial charge on any atom is 1.00 e. The van der Waals surface area contributed by atoms with Gasteiger partial charge in [0.15, 0.2) is 0 Å². The van der Waals surface area contributed by atoms with Gasteiger partial charge in [0, 0.05) is 31.3 Å². The van der Waals surface area contributed by atoms with E-state index in [4.69, 9.17) is 20.9 Å². The first-order valence-electron chi connectivity index (χ1n) is 17.3. The Morgan fingerprint density at radius 3 is 1.21 bits per heavy atom. The largest absolute Gasteiger partial charge is 1.00 e. The summed E-state index contributed by atoms with van der Waals surface area (Å²) in [5.41, 5.74) is 10.6. The molecule has 0 aliphatic heterocycles. The van der Waals surface area contributed by atoms with Gasteiger partial charge in [0.25, 0.3) is 0 Å². The Balaban J connectivity index is -0.000000694. The van der Waals surface area contributed by atoms with Crippen molar-refractivity contribution in [1.29, 1.82) is 0 Å². The molecule has 0 radical (unpaired) electrons. The second-order valence-corrected chi connectivity index (χ2v) is 11.8. The third kappa shape index (κ3) is 40.2. The smallest absolute Gasteiger partial charge is 0.550 e. The molecule has 0 saturated carbocycles. The Labute approximate surface area is 353 Å². The van der Waals surface area contributed by atoms with E-state index in [2.05, 4.69) is 13.8 Å². The summed E-state index contributed by atoms with van der Waals surface area (Å²) < 4.78 is 9.58. The van der Waals surface area contributed by atoms with E-state index in [1.165, 1.54) is 77.0 Å². The van der Waals surface area contributed by atoms with Gasteiger partial charge in [-0.05, 0) is 32.1 Å². The zero-order valence-electron chi connectivity index (χ0n) is 30.4. The van der Waals surface area contributed by atoms with Gasteiger partial charge < -0.3 is 40.7 Å². The van der Waals surface area contributed by atoms with Crippen molar-refractivity contribution in [1.82, 2.24) is 0 Å². The van der Waals surface area contributed by atoms with E-state index < -0.39 is 47.9 Å². The van der Waals surface area contributed by atoms with Crippen molar-refractivity contribution in [3.05, 3.63) is 0 Å². The number of nitrogens with two attached hydrogens (primary N) is 2. The molecule has 0 fully saturated rings. The molecule has 48 heavy (non-hydrogen) atoms. The number of ether oxygens (including phenoxy) is 2. The summed E-state index contributed by atoms with van der Waals surface area (Å²) in [5, 5.41) is 19.6. The summed E-state index contributed by atoms with van der Waals surface area (Å²) in [6, 6.07) is -2.31. The summed E-state index contributed by atoms with van der Waals surface area (Å²) in [4.78, 5) is 67.1. The Bertz CT molecular complexity index is 864. The van der Waals surface area contributed by atoms with Crippen molar-refractivity contribution in [3.63, 3.8) is 0 Å². The van der Waals surface area contributed by atoms with Gasteiger partial charge in [-0.2, -0.15) is 0 Å². The molecule has 2 atom stereocenters. The Morgan fingerprint density at radius 1 is 0.500 bits per heavy atom. The monoisotopic (exact) mass is 718 g/mol. The van der Waals surface area contributed by atoms with E-state index in [1.807, 2.05) is 0 Å². The fourth-order valence-electron chi connectivity index (χ4n) is 4.41. The molecule has 268 valence electrons. The fourth-order valence-corrected chi connectivity index (χ4v) is 4.41. The number of carboxylic acids is 2. The molecule has 4 N–H and O–H groups in total. The maximum atomic E-state index is 12.0. The van der Waals surface area contributed by atoms with Crippen LogP contribution >= 0.6 is 0 Å². The van der Waals surface area contributed by atoms with Crippen molar-refractivity contribution < 1.29 is 129 Å². The molecule has 0 saturated heterocycles. The SMILES string of the molecule is CCCCCCCCCCCC(=O)OC(=O)CC[C@H](N)C(=O)OC(=O)CCCCCCCCCCC.N[C@@H](CCC(=O)[O-])C(=O)[O-].[K+].[Na+]. The summed E-state index contributed by atoms with van der Waals surface area (Å²) in [7, 11) is 0. The summed E-state index contributed by atoms with van der Waals surface area (Å²) >= 11 is 0. The summed E-state index contributed by atoms with van der Waals surface area (Å²) in [5.74, 6) is -5.43. The molecule has 0 unspecified atom stereocenters. The predicted octanol–water partition coefficient (Wildman–Crippen LogP) is -2.32. The zero-order chi connectivity index (χ0) is 35.0. The van der Waals surface area contributed by atoms with Crippen molar-refractivity contribution in [2.24, 2.45) is 11.5 Å². The van der Waals surface area contributed by atoms with Gasteiger partial charge in [-0.15, -0.1) is 0 Å². The van der Waals surface area contributed by atoms with Crippen molar-refractivity contribution in [2.75, 3.05) is 0 Å². The van der Waals surface area contributed by atoms with Crippen LogP contribution in [0.15, 0.2) is 0 Å². The number of aliphatic carboxylic acids is 2. The number of hydrogen-bond donors (Lipinski definition) is 2. The van der Waals surface area contributed by atoms with Crippen LogP contribution in [0.25, 0.3) is 0 Å². The van der Waals surface area contributed by atoms with Crippen LogP contribution in [0.4, 0.5) is 0 Å². The average molecular weight is 719 g/mol. The number of carbonyl (C=O) groups excluding carboxylic acids is 6. The Kier molecular flexibility index (Phi) is 45.0. The van der Waals surface area contributed by atoms with Crippen LogP contribution in [0.1, 0.15) is 168 Å². The minimum Gasteiger partial charge on any atom is -0.550 e. The Hall–Kier alpha value is -0.224. The quantitative estimate of drug-likeness (QED) is 0.0377. The first kappa shape index (κ1) is 54.5. The zero-order valence-corrected chi connectivity index (χ0v) is 35.5. The van der Waals surface area contributed by atoms with Gasteiger partial charge in [-0.3, -0.25) is 14.4 Å². The first-order valence-corrected chi connectivity index (χ1v) is 17.3. The number of carbonyl (C=O) groups is 6. The molecule has 0 aliphatic rings. The van der Waals surface area contributed by atoms with Crippen molar-refractivity contribution in [3.8, 4) is 0 Å². The molecule has 0 heterocycles. The van der Waals surface area contributed by atoms with Gasteiger partial charge in [0.1, 0.15) is 6.04 Å². The molecule has 0 amide bonds. The maximum absolute atomic E-state index is 12.0. The van der Waals surface area contributed by atoms with E-state index in [1.54, 1.807) is 0 Å². The van der Waals surface area contributed by atoms with Gasteiger partial charge in [-0.1, -0.05) is 117 Å². The molecular weight excluding hydrogens is 658 g/mol. The van der Waals surface area contributed by atoms with Crippen LogP contribution in [0, 0.1) is 0 Å². The topological polar surface area (TPSA) is 219 Å². The number of esters is 4. The summed E-state index contributed by atoms with van der Waals surface area (Å²) in [6.45, 7) is 4.40. The molecule has 0 aromatic carbocycles. The van der Waals surface area contributed by atoms with Crippen molar-refractivity contribution >= 4 is 35.8 Å². The molecule has 14 heteroatoms. The first-order chi connectivity index (χ1) is 21.9. The molecule has 0 spiro atoms. The number of hydrogen-bond acceptors (Lipinski definition) is 12. The summed E-state index contributed by atoms with van der Waals surface area (Å²) in [6.07, 6.45) is 20.1. The molecule has 0 aromatic heterocycles. The van der Waals surface area contributed by atoms with Crippen LogP contribution in [0.3, 0.4) is 0 Å². The second-order valence-electron chi connectivity index (χ2n) is 11.8. The van der Waals surface area contributed by atoms with E-state index in [0.717, 1.165) is 25.7 Å². The van der Waals surface area contributed by atoms with Gasteiger partial charge in [0.05, 0.1) is 5.97 Å². The fraction of sp³-hybridized carbons (Fsp3) is 0.824. The number of rotatable bonds is 28. The van der Waals surface area contributed by atoms with Gasteiger partial charge >= 0.3 is 105 Å². The molecular formula is C34H60KN2NaO10. The van der Waals surface area contributed by atoms with Gasteiger partial charge in [-0.25, -0.2) is 4.79 Å². The standard InChI is InChI=1S/C29H53NO6.C5H9NO4.K.Na/c1-3-5-7-9-11-13-15-17-19-21-26(31)35-28(33)24-23-25(30)29(34)36-27(32)22-20-18-16-14-12-10-8-6-4-2;6-3(5(9)10)1-2-4(7)8;;/h25H,3-24,30H2,1-2H3;3H,1-2,6H2,(H,7,8)(H,9,10);;/q;;2*+1/p-2/t25-;3-;;/m00../s1. The molecule has 0 bridgehead atoms. The van der Waals surface area contributed by atoms with Crippen LogP contribution in [-0.4, -0.2) is 47.9 Å². The molecule has 0 rings (SSSR count). The van der Waals surface area contributed by atoms with Crippen molar-refractivity contribution in [2.45, 2.75) is 180 Å². The van der Waals surface area contributed by atoms with Crippen LogP contribution in [0.5, 0.6) is 0 Å². The molecule has 0 aromatic rings. The third-order valence-electron chi connectivity index (χ3n) is 7.34. The average Bonchev–Trinajstić information content (AvgIpc) is 3.00. The van der Waals surface area contributed by atoms with E-state index in [0.29, 0.717) is 12.8 Å². The number of unbranched alkanes of at least 4 members (excludes halogenated alkanes) is 16. The van der Waals surface area contributed by atoms with Crippen LogP contribution in [0.2, 0.25) is 0 Å². The van der Waals surface area contributed by atoms with E-state index in [-0.39, 0.29) is 119 Å². The van der Waals surface area contributed by atoms with Crippen LogP contribution in [-0.2, 0) is 38.2 Å². The van der Waals surface area contributed by atoms with E-state index >= 15 is 0 Å². The third-order valence-corrected chi connectivity index (χ3v) is 7.34. The minimum absolute atomic E-state index is 0. The van der Waals surface area contributed by atoms with E-state index in [9.17, 15) is 39.0 Å². The number of carboxylic acid groups (broad SMARTS) is 2.